The molecule has 0 radical (unpaired) electrons. The Morgan fingerprint density at radius 1 is 0.890 bits per heavy atom. The molecule has 0 saturated carbocycles. The van der Waals surface area contributed by atoms with Gasteiger partial charge in [0.15, 0.2) is 18.4 Å². The molecule has 20 atom stereocenters. The molecule has 3 N–H and O–H groups in total. The van der Waals surface area contributed by atoms with Gasteiger partial charge in [0.1, 0.15) is 36.1 Å². The molecular weight excluding hydrogens is 945 g/mol. The quantitative estimate of drug-likeness (QED) is 0.148. The Bertz CT molecular complexity index is 2250. The van der Waals surface area contributed by atoms with Gasteiger partial charge >= 0.3 is 17.9 Å². The fourth-order valence-electron chi connectivity index (χ4n) is 12.1. The van der Waals surface area contributed by atoms with Crippen LogP contribution in [-0.2, 0) is 56.9 Å². The number of carbonyl (C=O) groups excluding carboxylic acids is 2. The Hall–Kier alpha value is -3.85. The second-order valence-corrected chi connectivity index (χ2v) is 21.6. The predicted molar refractivity (Wildman–Crippen MR) is 264 cm³/mol. The summed E-state index contributed by atoms with van der Waals surface area (Å²) in [6, 6.07) is 5.75. The highest BCUT2D eigenvalue weighted by Crippen LogP contribution is 2.49. The van der Waals surface area contributed by atoms with E-state index in [9.17, 15) is 29.7 Å². The summed E-state index contributed by atoms with van der Waals surface area (Å²) >= 11 is 0. The maximum atomic E-state index is 14.8. The number of aliphatic hydroxyl groups excluding tert-OH is 1. The summed E-state index contributed by atoms with van der Waals surface area (Å²) in [5.74, 6) is -4.35. The number of esters is 2. The van der Waals surface area contributed by atoms with Crippen LogP contribution in [0.1, 0.15) is 127 Å². The van der Waals surface area contributed by atoms with Gasteiger partial charge in [-0.05, 0) is 68.7 Å². The minimum atomic E-state index is -2.11. The van der Waals surface area contributed by atoms with Gasteiger partial charge in [-0.2, -0.15) is 0 Å². The zero-order chi connectivity index (χ0) is 52.5. The normalized spacial score (nSPS) is 43.5. The summed E-state index contributed by atoms with van der Waals surface area (Å²) < 4.78 is 70.6. The second kappa shape index (κ2) is 23.2. The van der Waals surface area contributed by atoms with Crippen LogP contribution in [0.25, 0.3) is 0 Å². The van der Waals surface area contributed by atoms with Crippen LogP contribution in [0.4, 0.5) is 0 Å². The van der Waals surface area contributed by atoms with Crippen LogP contribution in [0, 0.1) is 23.7 Å². The van der Waals surface area contributed by atoms with Gasteiger partial charge < -0.3 is 67.4 Å². The number of aromatic carboxylic acids is 1. The van der Waals surface area contributed by atoms with Crippen LogP contribution in [-0.4, -0.2) is 151 Å². The highest BCUT2D eigenvalue weighted by Gasteiger charge is 2.60. The first-order valence-corrected chi connectivity index (χ1v) is 26.4. The van der Waals surface area contributed by atoms with E-state index in [0.29, 0.717) is 50.0 Å². The van der Waals surface area contributed by atoms with E-state index in [2.05, 4.69) is 26.8 Å². The third-order valence-electron chi connectivity index (χ3n) is 16.5. The maximum absolute atomic E-state index is 14.8. The molecule has 17 heteroatoms. The number of hydrogen-bond acceptors (Lipinski definition) is 16. The van der Waals surface area contributed by atoms with E-state index in [-0.39, 0.29) is 41.2 Å². The first kappa shape index (κ1) is 55.4. The van der Waals surface area contributed by atoms with Crippen LogP contribution in [0.3, 0.4) is 0 Å². The number of carboxylic acid groups (broad SMARTS) is 1. The zero-order valence-electron chi connectivity index (χ0n) is 44.0. The standard InChI is InChI=1S/C56H78O17/c1-11-29(2)48-32(5)21-22-55(73-48)27-38-24-37(72-55)20-19-31(4)47(69-45-26-43(64-10)50(35(8)67-45)70-44-25-42(63-9)46(57)34(7)66-44)30(3)15-14-16-36-28-65-51-49(33(6)23-41(54(61)68-38)56(36,51)62)71-53(60)40-18-13-12-17-39(40)52(58)59/h12-19,23,29-30,32-35,37-38,42-51,57,62H,11,20-22,24-28H2,1-10H3,(H,58,59)/b15-14+,31-19+,36-16+/t29-,30-,32-,33?,34-,35-,37?,38?,42-,43-,44-,45-,46-,47-,48?,49+,50-,51?,55+,56+/m0/s1. The van der Waals surface area contributed by atoms with Crippen molar-refractivity contribution in [3.8, 4) is 0 Å². The highest BCUT2D eigenvalue weighted by molar-refractivity contribution is 6.02. The van der Waals surface area contributed by atoms with Gasteiger partial charge in [-0.1, -0.05) is 83.6 Å². The Balaban J connectivity index is 1.12. The van der Waals surface area contributed by atoms with E-state index in [1.54, 1.807) is 52.4 Å². The van der Waals surface area contributed by atoms with Crippen molar-refractivity contribution in [1.29, 1.82) is 0 Å². The summed E-state index contributed by atoms with van der Waals surface area (Å²) in [7, 11) is 3.19. The molecule has 5 saturated heterocycles. The molecule has 17 nitrogen and oxygen atoms in total. The number of allylic oxidation sites excluding steroid dienone is 2. The van der Waals surface area contributed by atoms with Crippen molar-refractivity contribution in [3.63, 3.8) is 0 Å². The molecule has 2 bridgehead atoms. The zero-order valence-corrected chi connectivity index (χ0v) is 44.0. The van der Waals surface area contributed by atoms with Crippen molar-refractivity contribution in [2.24, 2.45) is 23.7 Å². The van der Waals surface area contributed by atoms with Gasteiger partial charge in [0.05, 0.1) is 66.0 Å². The number of aliphatic hydroxyl groups is 2. The van der Waals surface area contributed by atoms with E-state index in [1.165, 1.54) is 18.2 Å². The summed E-state index contributed by atoms with van der Waals surface area (Å²) in [6.45, 7) is 15.9. The predicted octanol–water partition coefficient (Wildman–Crippen LogP) is 7.16. The van der Waals surface area contributed by atoms with E-state index < -0.39 is 115 Å². The molecular formula is C56H78O17. The number of methoxy groups -OCH3 is 2. The van der Waals surface area contributed by atoms with E-state index in [4.69, 9.17) is 52.1 Å². The number of carbonyl (C=O) groups is 3. The van der Waals surface area contributed by atoms with Gasteiger partial charge in [0.2, 0.25) is 0 Å². The molecule has 1 aromatic carbocycles. The first-order chi connectivity index (χ1) is 34.8. The fourth-order valence-corrected chi connectivity index (χ4v) is 12.1. The molecule has 6 heterocycles. The minimum Gasteiger partial charge on any atom is -0.478 e. The van der Waals surface area contributed by atoms with Crippen LogP contribution in [0.2, 0.25) is 0 Å². The largest absolute Gasteiger partial charge is 0.478 e. The summed E-state index contributed by atoms with van der Waals surface area (Å²) in [5.41, 5.74) is -1.28. The van der Waals surface area contributed by atoms with E-state index >= 15 is 0 Å². The van der Waals surface area contributed by atoms with Gasteiger partial charge in [-0.25, -0.2) is 14.4 Å². The second-order valence-electron chi connectivity index (χ2n) is 21.6. The van der Waals surface area contributed by atoms with Crippen LogP contribution in [0.15, 0.2) is 71.4 Å². The summed E-state index contributed by atoms with van der Waals surface area (Å²) in [6.07, 6.45) is 4.79. The maximum Gasteiger partial charge on any atom is 0.339 e. The van der Waals surface area contributed by atoms with Gasteiger partial charge in [0, 0.05) is 58.2 Å². The molecule has 5 unspecified atom stereocenters. The lowest BCUT2D eigenvalue weighted by Crippen LogP contribution is -2.57. The Labute approximate surface area is 429 Å². The number of carboxylic acids is 1. The lowest BCUT2D eigenvalue weighted by Gasteiger charge is -2.51. The lowest BCUT2D eigenvalue weighted by molar-refractivity contribution is -0.340. The van der Waals surface area contributed by atoms with Gasteiger partial charge in [-0.15, -0.1) is 0 Å². The number of ether oxygens (including phenoxy) is 11. The van der Waals surface area contributed by atoms with Gasteiger partial charge in [0.25, 0.3) is 0 Å². The Morgan fingerprint density at radius 2 is 1.59 bits per heavy atom. The SMILES string of the molecule is CC[C@H](C)C1O[C@]2(CC[C@@H]1C)CC1CC(C/C=C(\C)[C@@H](O[C@H]3C[C@H](OC)[C@@H](O[C@H]4C[C@H](OC)[C@@H](O)[C@H](C)O4)[C@H](C)O3)[C@@H](C)/C=C/C=C3\COC4[C@H](OC(=O)c5ccccc5C(=O)O)C(C)C=C(C(=O)O1)[C@]34O)O2. The van der Waals surface area contributed by atoms with Crippen molar-refractivity contribution in [3.05, 3.63) is 82.5 Å². The third kappa shape index (κ3) is 11.6. The Morgan fingerprint density at radius 3 is 2.30 bits per heavy atom. The third-order valence-corrected chi connectivity index (χ3v) is 16.5. The molecule has 404 valence electrons. The van der Waals surface area contributed by atoms with Crippen LogP contribution < -0.4 is 0 Å². The molecule has 5 fully saturated rings. The molecule has 1 spiro atoms. The monoisotopic (exact) mass is 1020 g/mol. The molecule has 8 rings (SSSR count). The first-order valence-electron chi connectivity index (χ1n) is 26.4. The molecule has 1 aliphatic carbocycles. The van der Waals surface area contributed by atoms with E-state index in [1.807, 2.05) is 26.8 Å². The van der Waals surface area contributed by atoms with Gasteiger partial charge in [-0.3, -0.25) is 0 Å². The molecule has 1 aromatic rings. The number of rotatable bonds is 11. The number of hydrogen-bond donors (Lipinski definition) is 3. The van der Waals surface area contributed by atoms with Crippen LogP contribution >= 0.6 is 0 Å². The van der Waals surface area contributed by atoms with Crippen molar-refractivity contribution in [2.75, 3.05) is 20.8 Å². The van der Waals surface area contributed by atoms with Crippen molar-refractivity contribution in [1.82, 2.24) is 0 Å². The molecule has 0 amide bonds. The molecule has 73 heavy (non-hydrogen) atoms. The number of benzene rings is 1. The molecule has 7 aliphatic rings. The van der Waals surface area contributed by atoms with Crippen LogP contribution in [0.5, 0.6) is 0 Å². The minimum absolute atomic E-state index is 0.0375. The fraction of sp³-hybridized carbons (Fsp3) is 0.696. The van der Waals surface area contributed by atoms with Crippen molar-refractivity contribution in [2.45, 2.75) is 204 Å². The average molecular weight is 1020 g/mol. The molecule has 0 aromatic heterocycles. The van der Waals surface area contributed by atoms with Crippen molar-refractivity contribution < 1.29 is 81.8 Å². The van der Waals surface area contributed by atoms with E-state index in [0.717, 1.165) is 18.4 Å². The summed E-state index contributed by atoms with van der Waals surface area (Å²) in [5, 5.41) is 33.5. The van der Waals surface area contributed by atoms with Crippen molar-refractivity contribution >= 4 is 17.9 Å². The number of fused-ring (bicyclic) bond motifs is 2. The highest BCUT2D eigenvalue weighted by atomic mass is 16.7. The topological polar surface area (TPSA) is 213 Å². The lowest BCUT2D eigenvalue weighted by atomic mass is 9.72. The summed E-state index contributed by atoms with van der Waals surface area (Å²) in [4.78, 5) is 40.7. The Kier molecular flexibility index (Phi) is 17.6. The molecule has 6 aliphatic heterocycles. The average Bonchev–Trinajstić information content (AvgIpc) is 3.70. The smallest absolute Gasteiger partial charge is 0.339 e.